The van der Waals surface area contributed by atoms with E-state index in [1.54, 1.807) is 0 Å². The lowest BCUT2D eigenvalue weighted by Crippen LogP contribution is -2.80. The van der Waals surface area contributed by atoms with Gasteiger partial charge in [0.1, 0.15) is 0 Å². The van der Waals surface area contributed by atoms with Gasteiger partial charge in [0, 0.05) is 0 Å². The van der Waals surface area contributed by atoms with Crippen molar-refractivity contribution in [1.29, 1.82) is 0 Å². The SMILES string of the molecule is CC(F)C(F)(F)C(F)(F)C(F)(F)C(F)(F)C(F)(F)C(F)(F)C(F)(F)C(F)(F)C(F)(F)C(F)(F)C(F)(F)C(F)(F)C(F)(F)C(F)(F)C(F)(F)C(O)(F)F. The summed E-state index contributed by atoms with van der Waals surface area (Å²) in [4.78, 5) is 0. The Morgan fingerprint density at radius 3 is 0.481 bits per heavy atom. The quantitative estimate of drug-likeness (QED) is 0.153. The number of aliphatic hydroxyl groups is 1. The van der Waals surface area contributed by atoms with Crippen molar-refractivity contribution < 1.29 is 150 Å². The van der Waals surface area contributed by atoms with Crippen LogP contribution >= 0.6 is 0 Å². The van der Waals surface area contributed by atoms with Crippen molar-refractivity contribution in [3.8, 4) is 0 Å². The lowest BCUT2D eigenvalue weighted by atomic mass is 9.82. The summed E-state index contributed by atoms with van der Waals surface area (Å²) in [5, 5.41) is 7.45. The molecular formula is C18H5F33O. The molecule has 0 bridgehead atoms. The largest absolute Gasteiger partial charge is 0.423 e. The Hall–Kier alpha value is -2.35. The maximum Gasteiger partial charge on any atom is 0.423 e. The molecule has 0 radical (unpaired) electrons. The van der Waals surface area contributed by atoms with Crippen LogP contribution in [0.1, 0.15) is 6.92 Å². The van der Waals surface area contributed by atoms with Crippen LogP contribution in [-0.4, -0.2) is 106 Å². The molecule has 1 nitrogen and oxygen atoms in total. The zero-order chi connectivity index (χ0) is 43.6. The van der Waals surface area contributed by atoms with Gasteiger partial charge in [-0.15, -0.1) is 0 Å². The van der Waals surface area contributed by atoms with Gasteiger partial charge >= 0.3 is 94.9 Å². The Bertz CT molecular complexity index is 1300. The second-order valence-corrected chi connectivity index (χ2v) is 9.82. The van der Waals surface area contributed by atoms with Crippen LogP contribution in [0.3, 0.4) is 0 Å². The zero-order valence-electron chi connectivity index (χ0n) is 22.5. The monoisotopic (exact) mass is 864 g/mol. The average molecular weight is 864 g/mol. The fraction of sp³-hybridized carbons (Fsp3) is 1.00. The molecule has 0 saturated heterocycles. The Morgan fingerprint density at radius 1 is 0.250 bits per heavy atom. The Labute approximate surface area is 259 Å². The molecule has 0 aromatic carbocycles. The second-order valence-electron chi connectivity index (χ2n) is 9.82. The van der Waals surface area contributed by atoms with E-state index in [-0.39, 0.29) is 0 Å². The van der Waals surface area contributed by atoms with Gasteiger partial charge in [-0.2, -0.15) is 140 Å². The van der Waals surface area contributed by atoms with E-state index in [4.69, 9.17) is 5.11 Å². The molecule has 52 heavy (non-hydrogen) atoms. The van der Waals surface area contributed by atoms with Crippen molar-refractivity contribution in [2.24, 2.45) is 0 Å². The van der Waals surface area contributed by atoms with Gasteiger partial charge in [0.2, 0.25) is 0 Å². The number of hydrogen-bond acceptors (Lipinski definition) is 1. The second kappa shape index (κ2) is 11.8. The lowest BCUT2D eigenvalue weighted by molar-refractivity contribution is -0.493. The van der Waals surface area contributed by atoms with Crippen LogP contribution in [0.4, 0.5) is 145 Å². The zero-order valence-corrected chi connectivity index (χ0v) is 22.5. The van der Waals surface area contributed by atoms with Crippen LogP contribution in [0.25, 0.3) is 0 Å². The van der Waals surface area contributed by atoms with Gasteiger partial charge in [-0.3, -0.25) is 0 Å². The number of hydrogen-bond donors (Lipinski definition) is 1. The van der Waals surface area contributed by atoms with Crippen LogP contribution in [0.15, 0.2) is 0 Å². The van der Waals surface area contributed by atoms with E-state index in [9.17, 15) is 145 Å². The highest BCUT2D eigenvalue weighted by atomic mass is 19.4. The first-order valence-corrected chi connectivity index (χ1v) is 11.1. The van der Waals surface area contributed by atoms with Gasteiger partial charge < -0.3 is 5.11 Å². The van der Waals surface area contributed by atoms with Gasteiger partial charge in [-0.25, -0.2) is 4.39 Å². The maximum atomic E-state index is 13.8. The highest BCUT2D eigenvalue weighted by Crippen LogP contribution is 2.69. The molecule has 0 amide bonds. The molecule has 0 rings (SSSR count). The molecule has 0 aliphatic carbocycles. The molecule has 0 aromatic heterocycles. The van der Waals surface area contributed by atoms with Crippen LogP contribution in [0.2, 0.25) is 0 Å². The van der Waals surface area contributed by atoms with E-state index in [1.807, 2.05) is 0 Å². The summed E-state index contributed by atoms with van der Waals surface area (Å²) in [5.74, 6) is -143. The third-order valence-electron chi connectivity index (χ3n) is 6.42. The van der Waals surface area contributed by atoms with Gasteiger partial charge in [0.05, 0.1) is 0 Å². The number of halogens is 33. The number of rotatable bonds is 16. The van der Waals surface area contributed by atoms with E-state index >= 15 is 0 Å². The first-order valence-electron chi connectivity index (χ1n) is 11.1. The maximum absolute atomic E-state index is 13.8. The highest BCUT2D eigenvalue weighted by Gasteiger charge is 3.01. The molecule has 0 aliphatic heterocycles. The lowest BCUT2D eigenvalue weighted by Gasteiger charge is -2.47. The van der Waals surface area contributed by atoms with Crippen LogP contribution in [0.5, 0.6) is 0 Å². The summed E-state index contributed by atoms with van der Waals surface area (Å²) in [7, 11) is 0. The van der Waals surface area contributed by atoms with Gasteiger partial charge in [-0.1, -0.05) is 0 Å². The van der Waals surface area contributed by atoms with E-state index < -0.39 is 108 Å². The van der Waals surface area contributed by atoms with Crippen molar-refractivity contribution in [3.63, 3.8) is 0 Å². The third kappa shape index (κ3) is 5.39. The minimum absolute atomic E-state index is 1.05. The molecule has 1 N–H and O–H groups in total. The van der Waals surface area contributed by atoms with Gasteiger partial charge in [0.15, 0.2) is 6.17 Å². The first kappa shape index (κ1) is 49.6. The van der Waals surface area contributed by atoms with E-state index in [0.717, 1.165) is 0 Å². The highest BCUT2D eigenvalue weighted by molar-refractivity contribution is 5.22. The molecule has 1 unspecified atom stereocenters. The molecule has 0 saturated carbocycles. The standard InChI is InChI=1S/C18H5F33O/c1-2(19)3(20,21)4(22,23)5(24,25)6(26,27)7(28,29)8(30,31)9(32,33)10(34,35)11(36,37)12(38,39)13(40,41)14(42,43)15(44,45)16(46,47)17(48,49)18(50,51)52/h2,52H,1H3. The molecule has 0 aliphatic rings. The summed E-state index contributed by atoms with van der Waals surface area (Å²) in [6.45, 7) is -1.05. The molecule has 0 fully saturated rings. The normalized spacial score (nSPS) is 17.8. The van der Waals surface area contributed by atoms with E-state index in [0.29, 0.717) is 0 Å². The summed E-state index contributed by atoms with van der Waals surface area (Å²) < 4.78 is 443. The average Bonchev–Trinajstić information content (AvgIpc) is 2.90. The van der Waals surface area contributed by atoms with Crippen LogP contribution in [0, 0.1) is 0 Å². The summed E-state index contributed by atoms with van der Waals surface area (Å²) in [5.41, 5.74) is 0. The van der Waals surface area contributed by atoms with Crippen LogP contribution in [-0.2, 0) is 0 Å². The molecule has 0 heterocycles. The minimum atomic E-state index is -10.2. The van der Waals surface area contributed by atoms with E-state index in [1.165, 1.54) is 0 Å². The summed E-state index contributed by atoms with van der Waals surface area (Å²) in [6, 6.07) is 0. The minimum Gasteiger partial charge on any atom is -0.331 e. The molecule has 0 aromatic rings. The smallest absolute Gasteiger partial charge is 0.331 e. The topological polar surface area (TPSA) is 20.2 Å². The van der Waals surface area contributed by atoms with Crippen molar-refractivity contribution in [2.45, 2.75) is 108 Å². The Balaban J connectivity index is 7.74. The molecule has 1 atom stereocenters. The predicted molar refractivity (Wildman–Crippen MR) is 91.9 cm³/mol. The van der Waals surface area contributed by atoms with Crippen LogP contribution < -0.4 is 0 Å². The molecule has 34 heteroatoms. The molecule has 0 spiro atoms. The van der Waals surface area contributed by atoms with E-state index in [2.05, 4.69) is 0 Å². The number of alkyl halides is 33. The molecule has 314 valence electrons. The third-order valence-corrected chi connectivity index (χ3v) is 6.42. The van der Waals surface area contributed by atoms with Gasteiger partial charge in [-0.05, 0) is 6.92 Å². The first-order chi connectivity index (χ1) is 21.7. The summed E-state index contributed by atoms with van der Waals surface area (Å²) in [6.07, 6.45) is -12.9. The fourth-order valence-electron chi connectivity index (χ4n) is 3.01. The van der Waals surface area contributed by atoms with Gasteiger partial charge in [0.25, 0.3) is 0 Å². The predicted octanol–water partition coefficient (Wildman–Crippen LogP) is 10.5. The van der Waals surface area contributed by atoms with Crippen molar-refractivity contribution in [2.75, 3.05) is 0 Å². The Kier molecular flexibility index (Phi) is 11.3. The Morgan fingerprint density at radius 2 is 0.365 bits per heavy atom. The molecular weight excluding hydrogens is 859 g/mol. The summed E-state index contributed by atoms with van der Waals surface area (Å²) >= 11 is 0. The van der Waals surface area contributed by atoms with Crippen molar-refractivity contribution >= 4 is 0 Å². The fourth-order valence-corrected chi connectivity index (χ4v) is 3.01. The van der Waals surface area contributed by atoms with Crippen molar-refractivity contribution in [3.05, 3.63) is 0 Å². The van der Waals surface area contributed by atoms with Crippen molar-refractivity contribution in [1.82, 2.24) is 0 Å².